The van der Waals surface area contributed by atoms with Gasteiger partial charge in [-0.25, -0.2) is 0 Å². The molecule has 0 saturated carbocycles. The van der Waals surface area contributed by atoms with Crippen molar-refractivity contribution in [1.82, 2.24) is 0 Å². The number of nitrogens with zero attached hydrogens (tertiary/aromatic N) is 3. The Morgan fingerprint density at radius 1 is 0.811 bits per heavy atom. The van der Waals surface area contributed by atoms with Crippen LogP contribution in [-0.4, -0.2) is 23.9 Å². The highest BCUT2D eigenvalue weighted by Crippen LogP contribution is 2.32. The van der Waals surface area contributed by atoms with Gasteiger partial charge in [0.1, 0.15) is 0 Å². The summed E-state index contributed by atoms with van der Waals surface area (Å²) in [5, 5.41) is 9.23. The second-order valence-electron chi connectivity index (χ2n) is 8.46. The van der Waals surface area contributed by atoms with Crippen molar-refractivity contribution in [3.05, 3.63) is 155 Å². The molecule has 1 amide bonds. The Morgan fingerprint density at radius 2 is 1.38 bits per heavy atom. The molecule has 1 aliphatic rings. The molecular weight excluding hydrogens is 522 g/mol. The van der Waals surface area contributed by atoms with Gasteiger partial charge in [0, 0.05) is 22.1 Å². The van der Waals surface area contributed by atoms with Gasteiger partial charge in [-0.15, -0.1) is 16.8 Å². The lowest BCUT2D eigenvalue weighted by Gasteiger charge is -2.13. The maximum atomic E-state index is 13.3. The van der Waals surface area contributed by atoms with E-state index in [0.29, 0.717) is 18.0 Å². The van der Waals surface area contributed by atoms with Crippen molar-refractivity contribution < 1.29 is 4.79 Å². The van der Waals surface area contributed by atoms with Gasteiger partial charge in [-0.05, 0) is 41.0 Å². The Morgan fingerprint density at radius 3 is 1.95 bits per heavy atom. The van der Waals surface area contributed by atoms with Crippen LogP contribution in [0.2, 0.25) is 0 Å². The van der Waals surface area contributed by atoms with Crippen molar-refractivity contribution in [2.75, 3.05) is 11.4 Å². The predicted molar refractivity (Wildman–Crippen MR) is 156 cm³/mol. The first-order chi connectivity index (χ1) is 18.2. The molecule has 4 aromatic rings. The van der Waals surface area contributed by atoms with E-state index in [2.05, 4.69) is 57.0 Å². The molecule has 5 heteroatoms. The van der Waals surface area contributed by atoms with Crippen LogP contribution in [0.1, 0.15) is 22.3 Å². The van der Waals surface area contributed by atoms with Crippen LogP contribution in [0.3, 0.4) is 0 Å². The third-order valence-corrected chi connectivity index (χ3v) is 6.54. The zero-order valence-electron chi connectivity index (χ0n) is 20.1. The third kappa shape index (κ3) is 5.27. The highest BCUT2D eigenvalue weighted by atomic mass is 79.9. The summed E-state index contributed by atoms with van der Waals surface area (Å²) in [6, 6.07) is 36.0. The molecule has 1 heterocycles. The van der Waals surface area contributed by atoms with Crippen LogP contribution < -0.4 is 4.90 Å². The Balaban J connectivity index is 1.68. The second kappa shape index (κ2) is 11.1. The molecule has 0 fully saturated rings. The number of anilines is 1. The average molecular weight is 546 g/mol. The number of benzene rings is 4. The average Bonchev–Trinajstić information content (AvgIpc) is 3.20. The van der Waals surface area contributed by atoms with E-state index >= 15 is 0 Å². The van der Waals surface area contributed by atoms with Crippen LogP contribution in [0.25, 0.3) is 5.57 Å². The molecule has 1 aliphatic heterocycles. The number of allylic oxidation sites excluding steroid dienone is 1. The van der Waals surface area contributed by atoms with Crippen molar-refractivity contribution in [3.63, 3.8) is 0 Å². The van der Waals surface area contributed by atoms with E-state index in [1.165, 1.54) is 0 Å². The molecule has 0 N–H and O–H groups in total. The molecule has 4 nitrogen and oxygen atoms in total. The molecule has 0 aliphatic carbocycles. The van der Waals surface area contributed by atoms with Gasteiger partial charge in [-0.1, -0.05) is 113 Å². The number of halogens is 1. The van der Waals surface area contributed by atoms with Crippen LogP contribution in [0.4, 0.5) is 5.69 Å². The molecule has 37 heavy (non-hydrogen) atoms. The molecule has 0 bridgehead atoms. The lowest BCUT2D eigenvalue weighted by Crippen LogP contribution is -2.30. The van der Waals surface area contributed by atoms with E-state index in [-0.39, 0.29) is 5.91 Å². The maximum absolute atomic E-state index is 13.3. The van der Waals surface area contributed by atoms with E-state index in [1.54, 1.807) is 11.0 Å². The highest BCUT2D eigenvalue weighted by molar-refractivity contribution is 9.10. The lowest BCUT2D eigenvalue weighted by molar-refractivity contribution is -0.112. The van der Waals surface area contributed by atoms with Crippen molar-refractivity contribution in [1.29, 1.82) is 0 Å². The first-order valence-electron chi connectivity index (χ1n) is 11.9. The zero-order chi connectivity index (χ0) is 25.6. The quantitative estimate of drug-likeness (QED) is 0.136. The van der Waals surface area contributed by atoms with Gasteiger partial charge < -0.3 is 4.90 Å². The zero-order valence-corrected chi connectivity index (χ0v) is 21.7. The number of carbonyl (C=O) groups excluding carboxylic acids is 1. The molecule has 0 radical (unpaired) electrons. The molecule has 4 aromatic carbocycles. The first kappa shape index (κ1) is 24.3. The largest absolute Gasteiger partial charge is 0.302 e. The van der Waals surface area contributed by atoms with Gasteiger partial charge in [0.2, 0.25) is 0 Å². The van der Waals surface area contributed by atoms with Crippen LogP contribution in [0.5, 0.6) is 0 Å². The summed E-state index contributed by atoms with van der Waals surface area (Å²) < 4.78 is 0.870. The summed E-state index contributed by atoms with van der Waals surface area (Å²) in [5.41, 5.74) is 6.54. The molecule has 0 spiro atoms. The van der Waals surface area contributed by atoms with E-state index in [1.807, 2.05) is 91.0 Å². The van der Waals surface area contributed by atoms with Gasteiger partial charge in [-0.2, -0.15) is 0 Å². The summed E-state index contributed by atoms with van der Waals surface area (Å²) >= 11 is 3.52. The van der Waals surface area contributed by atoms with Gasteiger partial charge in [-0.3, -0.25) is 4.79 Å². The highest BCUT2D eigenvalue weighted by Gasteiger charge is 2.33. The maximum Gasteiger partial charge on any atom is 0.279 e. The molecule has 5 rings (SSSR count). The van der Waals surface area contributed by atoms with Gasteiger partial charge in [0.15, 0.2) is 5.71 Å². The Bertz CT molecular complexity index is 1480. The first-order valence-corrected chi connectivity index (χ1v) is 12.7. The van der Waals surface area contributed by atoms with Crippen LogP contribution >= 0.6 is 15.9 Å². The normalized spacial score (nSPS) is 14.0. The summed E-state index contributed by atoms with van der Waals surface area (Å²) in [6.07, 6.45) is 3.74. The third-order valence-electron chi connectivity index (χ3n) is 6.04. The fourth-order valence-corrected chi connectivity index (χ4v) is 4.64. The fraction of sp³-hybridized carbons (Fsp3) is 0.0312. The van der Waals surface area contributed by atoms with E-state index < -0.39 is 0 Å². The van der Waals surface area contributed by atoms with E-state index in [4.69, 9.17) is 0 Å². The summed E-state index contributed by atoms with van der Waals surface area (Å²) in [5.74, 6) is -0.195. The smallest absolute Gasteiger partial charge is 0.279 e. The predicted octanol–water partition coefficient (Wildman–Crippen LogP) is 7.31. The lowest BCUT2D eigenvalue weighted by atomic mass is 9.95. The molecule has 0 unspecified atom stereocenters. The minimum atomic E-state index is -0.195. The molecular formula is C32H24BrN3O. The van der Waals surface area contributed by atoms with Crippen molar-refractivity contribution in [2.45, 2.75) is 0 Å². The summed E-state index contributed by atoms with van der Waals surface area (Å²) in [4.78, 5) is 15.0. The monoisotopic (exact) mass is 545 g/mol. The number of fused-ring (bicyclic) bond motifs is 1. The van der Waals surface area contributed by atoms with Gasteiger partial charge >= 0.3 is 0 Å². The number of rotatable bonds is 7. The van der Waals surface area contributed by atoms with Crippen LogP contribution in [0, 0.1) is 0 Å². The number of amides is 1. The minimum Gasteiger partial charge on any atom is -0.302 e. The van der Waals surface area contributed by atoms with Crippen molar-refractivity contribution in [3.8, 4) is 0 Å². The van der Waals surface area contributed by atoms with Gasteiger partial charge in [0.25, 0.3) is 5.91 Å². The summed E-state index contributed by atoms with van der Waals surface area (Å²) in [7, 11) is 0. The van der Waals surface area contributed by atoms with Gasteiger partial charge in [0.05, 0.1) is 11.4 Å². The molecule has 0 saturated heterocycles. The molecule has 0 aromatic heterocycles. The fourth-order valence-electron chi connectivity index (χ4n) is 4.28. The Kier molecular flexibility index (Phi) is 7.33. The van der Waals surface area contributed by atoms with E-state index in [9.17, 15) is 4.79 Å². The number of hydrogen-bond acceptors (Lipinski definition) is 3. The molecule has 0 atom stereocenters. The van der Waals surface area contributed by atoms with Crippen LogP contribution in [0.15, 0.2) is 143 Å². The SMILES string of the molecule is C=CCN1C(=O)/C(=N\N=C(/C=C(c2ccccc2)c2ccccc2)c2ccccc2)c2cc(Br)ccc21. The Hall–Kier alpha value is -4.35. The van der Waals surface area contributed by atoms with E-state index in [0.717, 1.165) is 38.0 Å². The van der Waals surface area contributed by atoms with Crippen molar-refractivity contribution in [2.24, 2.45) is 10.2 Å². The topological polar surface area (TPSA) is 45.0 Å². The standard InChI is InChI=1S/C32H24BrN3O/c1-2-20-36-30-19-18-26(33)21-28(30)31(32(36)37)35-34-29(25-16-10-5-11-17-25)22-27(23-12-6-3-7-13-23)24-14-8-4-9-15-24/h2-19,21-22H,1,20H2/b34-29+,35-31-. The second-order valence-corrected chi connectivity index (χ2v) is 9.37. The van der Waals surface area contributed by atoms with Crippen molar-refractivity contribution >= 4 is 44.5 Å². The summed E-state index contributed by atoms with van der Waals surface area (Å²) in [6.45, 7) is 4.20. The number of carbonyl (C=O) groups is 1. The minimum absolute atomic E-state index is 0.195. The van der Waals surface area contributed by atoms with Crippen LogP contribution in [-0.2, 0) is 4.79 Å². The Labute approximate surface area is 225 Å². The molecule has 180 valence electrons. The number of hydrogen-bond donors (Lipinski definition) is 0.